The van der Waals surface area contributed by atoms with Crippen LogP contribution in [0.15, 0.2) is 53.8 Å². The summed E-state index contributed by atoms with van der Waals surface area (Å²) in [5.41, 5.74) is 4.10. The molecule has 0 aliphatic rings. The minimum atomic E-state index is -0.439. The fourth-order valence-corrected chi connectivity index (χ4v) is 2.74. The highest BCUT2D eigenvalue weighted by Crippen LogP contribution is 2.33. The molecule has 1 amide bonds. The van der Waals surface area contributed by atoms with E-state index in [-0.39, 0.29) is 22.4 Å². The highest BCUT2D eigenvalue weighted by atomic mass is 35.5. The van der Waals surface area contributed by atoms with Crippen molar-refractivity contribution in [1.82, 2.24) is 10.4 Å². The first-order valence-electron chi connectivity index (χ1n) is 7.47. The zero-order valence-corrected chi connectivity index (χ0v) is 15.5. The number of amides is 1. The second kappa shape index (κ2) is 8.36. The Morgan fingerprint density at radius 2 is 1.92 bits per heavy atom. The van der Waals surface area contributed by atoms with E-state index in [1.54, 1.807) is 6.20 Å². The van der Waals surface area contributed by atoms with Gasteiger partial charge in [-0.2, -0.15) is 5.10 Å². The summed E-state index contributed by atoms with van der Waals surface area (Å²) < 4.78 is 5.33. The summed E-state index contributed by atoms with van der Waals surface area (Å²) >= 11 is 17.7. The highest BCUT2D eigenvalue weighted by Gasteiger charge is 2.09. The summed E-state index contributed by atoms with van der Waals surface area (Å²) in [4.78, 5) is 16.1. The molecule has 26 heavy (non-hydrogen) atoms. The van der Waals surface area contributed by atoms with E-state index in [1.165, 1.54) is 18.3 Å². The van der Waals surface area contributed by atoms with E-state index in [0.717, 1.165) is 16.5 Å². The number of pyridine rings is 1. The van der Waals surface area contributed by atoms with Crippen molar-refractivity contribution in [3.63, 3.8) is 0 Å². The monoisotopic (exact) mass is 407 g/mol. The van der Waals surface area contributed by atoms with Crippen LogP contribution in [-0.4, -0.2) is 23.7 Å². The fourth-order valence-electron chi connectivity index (χ4n) is 2.14. The molecule has 0 saturated carbocycles. The van der Waals surface area contributed by atoms with E-state index in [9.17, 15) is 4.79 Å². The summed E-state index contributed by atoms with van der Waals surface area (Å²) in [6.45, 7) is -0.267. The molecule has 0 spiro atoms. The van der Waals surface area contributed by atoms with Crippen LogP contribution in [0.2, 0.25) is 15.1 Å². The number of carbonyl (C=O) groups is 1. The average molecular weight is 409 g/mol. The molecular weight excluding hydrogens is 397 g/mol. The van der Waals surface area contributed by atoms with Crippen molar-refractivity contribution >= 4 is 57.8 Å². The van der Waals surface area contributed by atoms with E-state index in [4.69, 9.17) is 39.5 Å². The number of nitrogens with one attached hydrogen (secondary N) is 1. The van der Waals surface area contributed by atoms with Crippen LogP contribution in [0.25, 0.3) is 10.9 Å². The van der Waals surface area contributed by atoms with Crippen molar-refractivity contribution in [2.75, 3.05) is 6.61 Å². The lowest BCUT2D eigenvalue weighted by atomic mass is 10.1. The predicted octanol–water partition coefficient (Wildman–Crippen LogP) is 4.72. The molecule has 0 bridgehead atoms. The number of hydrazone groups is 1. The Bertz CT molecular complexity index is 993. The molecule has 132 valence electrons. The molecule has 0 saturated heterocycles. The molecule has 0 atom stereocenters. The molecule has 3 aromatic rings. The van der Waals surface area contributed by atoms with E-state index < -0.39 is 5.91 Å². The van der Waals surface area contributed by atoms with E-state index in [0.29, 0.717) is 5.02 Å². The number of halogens is 3. The summed E-state index contributed by atoms with van der Waals surface area (Å²) in [6.07, 6.45) is 3.27. The van der Waals surface area contributed by atoms with Crippen LogP contribution in [0.5, 0.6) is 5.75 Å². The van der Waals surface area contributed by atoms with Crippen molar-refractivity contribution in [2.45, 2.75) is 0 Å². The van der Waals surface area contributed by atoms with Gasteiger partial charge in [-0.1, -0.05) is 46.9 Å². The number of nitrogens with zero attached hydrogens (tertiary/aromatic N) is 2. The lowest BCUT2D eigenvalue weighted by molar-refractivity contribution is -0.123. The smallest absolute Gasteiger partial charge is 0.277 e. The van der Waals surface area contributed by atoms with Crippen LogP contribution >= 0.6 is 34.8 Å². The molecule has 1 N–H and O–H groups in total. The van der Waals surface area contributed by atoms with Crippen molar-refractivity contribution in [2.24, 2.45) is 5.10 Å². The average Bonchev–Trinajstić information content (AvgIpc) is 2.63. The quantitative estimate of drug-likeness (QED) is 0.377. The van der Waals surface area contributed by atoms with E-state index >= 15 is 0 Å². The van der Waals surface area contributed by atoms with Gasteiger partial charge in [-0.05, 0) is 29.8 Å². The summed E-state index contributed by atoms with van der Waals surface area (Å²) in [6, 6.07) is 12.4. The van der Waals surface area contributed by atoms with Gasteiger partial charge in [0.1, 0.15) is 5.75 Å². The molecule has 5 nitrogen and oxygen atoms in total. The number of carbonyl (C=O) groups excluding carboxylic acids is 1. The number of hydrogen-bond acceptors (Lipinski definition) is 4. The third kappa shape index (κ3) is 4.64. The first-order chi connectivity index (χ1) is 12.5. The lowest BCUT2D eigenvalue weighted by Gasteiger charge is -2.08. The molecule has 0 radical (unpaired) electrons. The summed E-state index contributed by atoms with van der Waals surface area (Å²) in [7, 11) is 0. The second-order valence-electron chi connectivity index (χ2n) is 5.23. The number of benzene rings is 2. The lowest BCUT2D eigenvalue weighted by Crippen LogP contribution is -2.24. The molecule has 3 rings (SSSR count). The van der Waals surface area contributed by atoms with Crippen LogP contribution in [0.3, 0.4) is 0 Å². The van der Waals surface area contributed by atoms with Crippen molar-refractivity contribution in [1.29, 1.82) is 0 Å². The van der Waals surface area contributed by atoms with Crippen LogP contribution in [0.4, 0.5) is 0 Å². The Morgan fingerprint density at radius 3 is 2.77 bits per heavy atom. The van der Waals surface area contributed by atoms with Gasteiger partial charge in [-0.15, -0.1) is 0 Å². The minimum absolute atomic E-state index is 0.264. The third-order valence-electron chi connectivity index (χ3n) is 3.36. The highest BCUT2D eigenvalue weighted by molar-refractivity contribution is 6.43. The van der Waals surface area contributed by atoms with Gasteiger partial charge in [0.25, 0.3) is 5.91 Å². The van der Waals surface area contributed by atoms with Gasteiger partial charge in [0, 0.05) is 17.6 Å². The van der Waals surface area contributed by atoms with Gasteiger partial charge >= 0.3 is 0 Å². The maximum absolute atomic E-state index is 11.8. The first kappa shape index (κ1) is 18.5. The zero-order chi connectivity index (χ0) is 18.5. The third-order valence-corrected chi connectivity index (χ3v) is 4.38. The van der Waals surface area contributed by atoms with Crippen molar-refractivity contribution in [3.05, 3.63) is 69.3 Å². The standard InChI is InChI=1S/C18H12Cl3N3O2/c19-13-7-15(21)17(8-14(13)20)26-10-18(25)24-23-9-11-3-4-16-12(6-11)2-1-5-22-16/h1-9H,10H2,(H,24,25)/b23-9+. The van der Waals surface area contributed by atoms with Crippen molar-refractivity contribution in [3.8, 4) is 5.75 Å². The van der Waals surface area contributed by atoms with Crippen LogP contribution < -0.4 is 10.2 Å². The number of hydrogen-bond donors (Lipinski definition) is 1. The normalized spacial score (nSPS) is 11.0. The van der Waals surface area contributed by atoms with E-state index in [2.05, 4.69) is 15.5 Å². The topological polar surface area (TPSA) is 63.6 Å². The number of fused-ring (bicyclic) bond motifs is 1. The van der Waals surface area contributed by atoms with Gasteiger partial charge < -0.3 is 4.74 Å². The Kier molecular flexibility index (Phi) is 5.93. The second-order valence-corrected chi connectivity index (χ2v) is 6.46. The summed E-state index contributed by atoms with van der Waals surface area (Å²) in [5, 5.41) is 5.76. The first-order valence-corrected chi connectivity index (χ1v) is 8.60. The SMILES string of the molecule is O=C(COc1cc(Cl)c(Cl)cc1Cl)N/N=C/c1ccc2ncccc2c1. The molecule has 2 aromatic carbocycles. The fraction of sp³-hybridized carbons (Fsp3) is 0.0556. The Labute approximate surface area is 164 Å². The van der Waals surface area contributed by atoms with Gasteiger partial charge in [-0.3, -0.25) is 9.78 Å². The molecular formula is C18H12Cl3N3O2. The molecule has 0 unspecified atom stereocenters. The maximum Gasteiger partial charge on any atom is 0.277 e. The van der Waals surface area contributed by atoms with Gasteiger partial charge in [-0.25, -0.2) is 5.43 Å². The molecule has 1 heterocycles. The van der Waals surface area contributed by atoms with Crippen LogP contribution in [0, 0.1) is 0 Å². The Morgan fingerprint density at radius 1 is 1.12 bits per heavy atom. The van der Waals surface area contributed by atoms with Gasteiger partial charge in [0.05, 0.1) is 26.8 Å². The van der Waals surface area contributed by atoms with E-state index in [1.807, 2.05) is 30.3 Å². The van der Waals surface area contributed by atoms with Crippen molar-refractivity contribution < 1.29 is 9.53 Å². The van der Waals surface area contributed by atoms with Gasteiger partial charge in [0.15, 0.2) is 6.61 Å². The number of ether oxygens (including phenoxy) is 1. The molecule has 0 aliphatic heterocycles. The number of aromatic nitrogens is 1. The summed E-state index contributed by atoms with van der Waals surface area (Å²) in [5.74, 6) is -0.173. The largest absolute Gasteiger partial charge is 0.482 e. The van der Waals surface area contributed by atoms with Crippen LogP contribution in [0.1, 0.15) is 5.56 Å². The Balaban J connectivity index is 1.56. The number of rotatable bonds is 5. The zero-order valence-electron chi connectivity index (χ0n) is 13.2. The molecule has 1 aromatic heterocycles. The molecule has 8 heteroatoms. The predicted molar refractivity (Wildman–Crippen MR) is 104 cm³/mol. The maximum atomic E-state index is 11.8. The Hall–Kier alpha value is -2.34. The van der Waals surface area contributed by atoms with Gasteiger partial charge in [0.2, 0.25) is 0 Å². The molecule has 0 fully saturated rings. The molecule has 0 aliphatic carbocycles. The minimum Gasteiger partial charge on any atom is -0.482 e. The van der Waals surface area contributed by atoms with Crippen LogP contribution in [-0.2, 0) is 4.79 Å².